The molecule has 2 aromatic carbocycles. The molecule has 1 atom stereocenters. The molecule has 2 rings (SSSR count). The van der Waals surface area contributed by atoms with E-state index in [4.69, 9.17) is 4.74 Å². The van der Waals surface area contributed by atoms with Crippen LogP contribution in [0.5, 0.6) is 5.75 Å². The van der Waals surface area contributed by atoms with Gasteiger partial charge in [-0.15, -0.1) is 0 Å². The van der Waals surface area contributed by atoms with Gasteiger partial charge in [-0.2, -0.15) is 0 Å². The summed E-state index contributed by atoms with van der Waals surface area (Å²) >= 11 is 3.35. The fourth-order valence-electron chi connectivity index (χ4n) is 1.85. The van der Waals surface area contributed by atoms with Crippen LogP contribution in [0, 0.1) is 0 Å². The van der Waals surface area contributed by atoms with Crippen molar-refractivity contribution in [2.24, 2.45) is 0 Å². The van der Waals surface area contributed by atoms with Gasteiger partial charge in [-0.1, -0.05) is 34.1 Å². The van der Waals surface area contributed by atoms with Gasteiger partial charge in [0.25, 0.3) is 0 Å². The van der Waals surface area contributed by atoms with E-state index in [0.717, 1.165) is 4.47 Å². The van der Waals surface area contributed by atoms with Crippen LogP contribution in [0.15, 0.2) is 53.0 Å². The summed E-state index contributed by atoms with van der Waals surface area (Å²) in [5, 5.41) is 12.4. The standard InChI is InChI=1S/C15H14BrNO3/c1-20-13-7-3-6-12(9-13)17-14(15(18)19)10-4-2-5-11(16)8-10/h2-9,14,17H,1H3,(H,18,19). The third-order valence-corrected chi connectivity index (χ3v) is 3.30. The number of carboxylic acid groups (broad SMARTS) is 1. The molecule has 0 aliphatic carbocycles. The number of rotatable bonds is 5. The van der Waals surface area contributed by atoms with E-state index < -0.39 is 12.0 Å². The van der Waals surface area contributed by atoms with E-state index in [1.165, 1.54) is 0 Å². The van der Waals surface area contributed by atoms with Gasteiger partial charge in [0.15, 0.2) is 6.04 Å². The number of halogens is 1. The second kappa shape index (κ2) is 6.43. The lowest BCUT2D eigenvalue weighted by Gasteiger charge is -2.17. The van der Waals surface area contributed by atoms with Crippen LogP contribution in [0.25, 0.3) is 0 Å². The molecule has 20 heavy (non-hydrogen) atoms. The average molecular weight is 336 g/mol. The molecule has 0 saturated carbocycles. The summed E-state index contributed by atoms with van der Waals surface area (Å²) in [6.07, 6.45) is 0. The number of hydrogen-bond donors (Lipinski definition) is 2. The molecule has 0 aliphatic heterocycles. The monoisotopic (exact) mass is 335 g/mol. The van der Waals surface area contributed by atoms with Crippen LogP contribution in [0.3, 0.4) is 0 Å². The number of hydrogen-bond acceptors (Lipinski definition) is 3. The molecule has 0 radical (unpaired) electrons. The Balaban J connectivity index is 2.28. The minimum atomic E-state index is -0.939. The Morgan fingerprint density at radius 1 is 1.25 bits per heavy atom. The van der Waals surface area contributed by atoms with Crippen molar-refractivity contribution in [2.75, 3.05) is 12.4 Å². The molecule has 5 heteroatoms. The van der Waals surface area contributed by atoms with Gasteiger partial charge >= 0.3 is 5.97 Å². The first-order chi connectivity index (χ1) is 9.60. The first-order valence-electron chi connectivity index (χ1n) is 5.99. The highest BCUT2D eigenvalue weighted by atomic mass is 79.9. The molecule has 2 aromatic rings. The Morgan fingerprint density at radius 2 is 2.00 bits per heavy atom. The van der Waals surface area contributed by atoms with E-state index in [0.29, 0.717) is 17.0 Å². The molecule has 104 valence electrons. The maximum atomic E-state index is 11.5. The molecular weight excluding hydrogens is 322 g/mol. The fraction of sp³-hybridized carbons (Fsp3) is 0.133. The van der Waals surface area contributed by atoms with Gasteiger partial charge in [0.05, 0.1) is 7.11 Å². The zero-order valence-corrected chi connectivity index (χ0v) is 12.4. The summed E-state index contributed by atoms with van der Waals surface area (Å²) in [6, 6.07) is 13.6. The minimum absolute atomic E-state index is 0.674. The van der Waals surface area contributed by atoms with Crippen molar-refractivity contribution in [2.45, 2.75) is 6.04 Å². The molecule has 0 spiro atoms. The van der Waals surface area contributed by atoms with Crippen molar-refractivity contribution in [3.8, 4) is 5.75 Å². The predicted octanol–water partition coefficient (Wildman–Crippen LogP) is 3.70. The number of carboxylic acids is 1. The first-order valence-corrected chi connectivity index (χ1v) is 6.78. The van der Waals surface area contributed by atoms with E-state index in [-0.39, 0.29) is 0 Å². The number of methoxy groups -OCH3 is 1. The lowest BCUT2D eigenvalue weighted by Crippen LogP contribution is -2.20. The molecule has 0 heterocycles. The summed E-state index contributed by atoms with van der Waals surface area (Å²) in [4.78, 5) is 11.5. The maximum absolute atomic E-state index is 11.5. The Morgan fingerprint density at radius 3 is 2.65 bits per heavy atom. The SMILES string of the molecule is COc1cccc(NC(C(=O)O)c2cccc(Br)c2)c1. The molecule has 2 N–H and O–H groups in total. The lowest BCUT2D eigenvalue weighted by molar-refractivity contribution is -0.138. The van der Waals surface area contributed by atoms with Crippen molar-refractivity contribution in [1.82, 2.24) is 0 Å². The molecule has 0 fully saturated rings. The summed E-state index contributed by atoms with van der Waals surface area (Å²) in [5.74, 6) is -0.265. The van der Waals surface area contributed by atoms with Crippen molar-refractivity contribution in [3.63, 3.8) is 0 Å². The Labute approximate surface area is 125 Å². The van der Waals surface area contributed by atoms with E-state index in [1.54, 1.807) is 43.5 Å². The number of aliphatic carboxylic acids is 1. The Hall–Kier alpha value is -2.01. The Kier molecular flexibility index (Phi) is 4.63. The normalized spacial score (nSPS) is 11.7. The molecular formula is C15H14BrNO3. The third kappa shape index (κ3) is 3.51. The van der Waals surface area contributed by atoms with Crippen molar-refractivity contribution in [3.05, 3.63) is 58.6 Å². The van der Waals surface area contributed by atoms with Gasteiger partial charge in [0.1, 0.15) is 5.75 Å². The number of carbonyl (C=O) groups is 1. The van der Waals surface area contributed by atoms with Crippen molar-refractivity contribution in [1.29, 1.82) is 0 Å². The van der Waals surface area contributed by atoms with Crippen LogP contribution >= 0.6 is 15.9 Å². The fourth-order valence-corrected chi connectivity index (χ4v) is 2.27. The summed E-state index contributed by atoms with van der Waals surface area (Å²) in [5.41, 5.74) is 1.37. The molecule has 0 aromatic heterocycles. The van der Waals surface area contributed by atoms with E-state index in [1.807, 2.05) is 12.1 Å². The summed E-state index contributed by atoms with van der Waals surface area (Å²) < 4.78 is 5.97. The van der Waals surface area contributed by atoms with Crippen LogP contribution in [0.1, 0.15) is 11.6 Å². The van der Waals surface area contributed by atoms with Crippen molar-refractivity contribution < 1.29 is 14.6 Å². The van der Waals surface area contributed by atoms with Gasteiger partial charge in [-0.25, -0.2) is 4.79 Å². The highest BCUT2D eigenvalue weighted by Gasteiger charge is 2.19. The number of nitrogens with one attached hydrogen (secondary N) is 1. The quantitative estimate of drug-likeness (QED) is 0.874. The van der Waals surface area contributed by atoms with Gasteiger partial charge in [-0.05, 0) is 29.8 Å². The van der Waals surface area contributed by atoms with E-state index in [9.17, 15) is 9.90 Å². The lowest BCUT2D eigenvalue weighted by atomic mass is 10.1. The number of anilines is 1. The average Bonchev–Trinajstić information content (AvgIpc) is 2.44. The van der Waals surface area contributed by atoms with Crippen LogP contribution in [0.2, 0.25) is 0 Å². The minimum Gasteiger partial charge on any atom is -0.497 e. The summed E-state index contributed by atoms with van der Waals surface area (Å²) in [7, 11) is 1.57. The Bertz CT molecular complexity index is 616. The smallest absolute Gasteiger partial charge is 0.330 e. The largest absolute Gasteiger partial charge is 0.497 e. The molecule has 0 saturated heterocycles. The van der Waals surface area contributed by atoms with Crippen LogP contribution in [-0.4, -0.2) is 18.2 Å². The maximum Gasteiger partial charge on any atom is 0.330 e. The summed E-state index contributed by atoms with van der Waals surface area (Å²) in [6.45, 7) is 0. The first kappa shape index (κ1) is 14.4. The van der Waals surface area contributed by atoms with Gasteiger partial charge in [0.2, 0.25) is 0 Å². The topological polar surface area (TPSA) is 58.6 Å². The van der Waals surface area contributed by atoms with Crippen molar-refractivity contribution >= 4 is 27.6 Å². The highest BCUT2D eigenvalue weighted by Crippen LogP contribution is 2.25. The van der Waals surface area contributed by atoms with Gasteiger partial charge < -0.3 is 15.2 Å². The van der Waals surface area contributed by atoms with Crippen LogP contribution in [0.4, 0.5) is 5.69 Å². The second-order valence-corrected chi connectivity index (χ2v) is 5.12. The molecule has 0 bridgehead atoms. The zero-order valence-electron chi connectivity index (χ0n) is 10.8. The van der Waals surface area contributed by atoms with E-state index in [2.05, 4.69) is 21.2 Å². The van der Waals surface area contributed by atoms with Gasteiger partial charge in [-0.3, -0.25) is 0 Å². The molecule has 0 amide bonds. The number of benzene rings is 2. The predicted molar refractivity (Wildman–Crippen MR) is 81.1 cm³/mol. The molecule has 0 aliphatic rings. The van der Waals surface area contributed by atoms with E-state index >= 15 is 0 Å². The van der Waals surface area contributed by atoms with Crippen LogP contribution < -0.4 is 10.1 Å². The van der Waals surface area contributed by atoms with Gasteiger partial charge in [0, 0.05) is 16.2 Å². The van der Waals surface area contributed by atoms with Crippen LogP contribution in [-0.2, 0) is 4.79 Å². The second-order valence-electron chi connectivity index (χ2n) is 4.20. The molecule has 4 nitrogen and oxygen atoms in total. The molecule has 1 unspecified atom stereocenters. The number of ether oxygens (including phenoxy) is 1. The third-order valence-electron chi connectivity index (χ3n) is 2.81. The highest BCUT2D eigenvalue weighted by molar-refractivity contribution is 9.10. The zero-order chi connectivity index (χ0) is 14.5.